The van der Waals surface area contributed by atoms with Crippen molar-refractivity contribution in [3.63, 3.8) is 0 Å². The van der Waals surface area contributed by atoms with Crippen molar-refractivity contribution in [2.75, 3.05) is 0 Å². The summed E-state index contributed by atoms with van der Waals surface area (Å²) in [5.41, 5.74) is 4.50. The van der Waals surface area contributed by atoms with Crippen LogP contribution < -0.4 is 5.32 Å². The van der Waals surface area contributed by atoms with E-state index in [4.69, 9.17) is 12.2 Å². The Labute approximate surface area is 196 Å². The second-order valence-corrected chi connectivity index (χ2v) is 9.35. The maximum Gasteiger partial charge on any atom is 0.236 e. The summed E-state index contributed by atoms with van der Waals surface area (Å²) < 4.78 is 0. The molecule has 164 valence electrons. The predicted octanol–water partition coefficient (Wildman–Crippen LogP) is 6.19. The molecule has 4 rings (SSSR count). The van der Waals surface area contributed by atoms with Crippen LogP contribution in [0.15, 0.2) is 84.9 Å². The summed E-state index contributed by atoms with van der Waals surface area (Å²) in [6, 6.07) is 28.5. The lowest BCUT2D eigenvalue weighted by atomic mass is 9.92. The largest absolute Gasteiger partial charge is 0.353 e. The molecule has 0 bridgehead atoms. The molecule has 3 nitrogen and oxygen atoms in total. The molecule has 3 aromatic carbocycles. The molecule has 1 saturated heterocycles. The van der Waals surface area contributed by atoms with E-state index in [1.165, 1.54) is 5.56 Å². The third-order valence-corrected chi connectivity index (χ3v) is 6.44. The highest BCUT2D eigenvalue weighted by Crippen LogP contribution is 2.40. The van der Waals surface area contributed by atoms with Crippen LogP contribution in [0.1, 0.15) is 61.0 Å². The molecule has 0 saturated carbocycles. The number of rotatable bonds is 6. The van der Waals surface area contributed by atoms with E-state index in [1.54, 1.807) is 4.90 Å². The summed E-state index contributed by atoms with van der Waals surface area (Å²) in [7, 11) is 0. The number of carbonyl (C=O) groups is 1. The van der Waals surface area contributed by atoms with E-state index in [9.17, 15) is 4.79 Å². The van der Waals surface area contributed by atoms with E-state index in [0.717, 1.165) is 23.1 Å². The Morgan fingerprint density at radius 3 is 2.00 bits per heavy atom. The molecule has 0 spiro atoms. The normalized spacial score (nSPS) is 19.1. The van der Waals surface area contributed by atoms with Crippen LogP contribution in [-0.4, -0.2) is 15.9 Å². The summed E-state index contributed by atoms with van der Waals surface area (Å²) in [5, 5.41) is 3.91. The van der Waals surface area contributed by atoms with Gasteiger partial charge in [0.25, 0.3) is 0 Å². The second kappa shape index (κ2) is 9.66. The van der Waals surface area contributed by atoms with E-state index < -0.39 is 0 Å². The van der Waals surface area contributed by atoms with Gasteiger partial charge < -0.3 is 5.32 Å². The van der Waals surface area contributed by atoms with Crippen molar-refractivity contribution in [2.24, 2.45) is 5.92 Å². The number of thiocarbonyl (C=S) groups is 1. The number of nitrogens with one attached hydrogen (secondary N) is 1. The first-order chi connectivity index (χ1) is 15.5. The highest BCUT2D eigenvalue weighted by Gasteiger charge is 2.43. The zero-order valence-electron chi connectivity index (χ0n) is 18.9. The summed E-state index contributed by atoms with van der Waals surface area (Å²) in [5.74, 6) is 0.337. The molecule has 1 aliphatic heterocycles. The van der Waals surface area contributed by atoms with Crippen LogP contribution in [0.4, 0.5) is 0 Å². The van der Waals surface area contributed by atoms with E-state index in [2.05, 4.69) is 67.7 Å². The van der Waals surface area contributed by atoms with Gasteiger partial charge in [-0.1, -0.05) is 98.8 Å². The Morgan fingerprint density at radius 2 is 1.44 bits per heavy atom. The number of nitrogens with zero attached hydrogens (tertiary/aromatic N) is 1. The molecule has 1 heterocycles. The van der Waals surface area contributed by atoms with Crippen molar-refractivity contribution >= 4 is 23.2 Å². The SMILES string of the molecule is CC(C)Cc1ccc([C@H](C)C(=O)N2C(=S)N[C@H](c3ccccc3)[C@H]2c2ccccc2)cc1. The second-order valence-electron chi connectivity index (χ2n) is 8.96. The highest BCUT2D eigenvalue weighted by molar-refractivity contribution is 7.80. The van der Waals surface area contributed by atoms with Gasteiger partial charge in [0.2, 0.25) is 5.91 Å². The average Bonchev–Trinajstić information content (AvgIpc) is 3.16. The van der Waals surface area contributed by atoms with Crippen molar-refractivity contribution in [1.29, 1.82) is 0 Å². The first-order valence-corrected chi connectivity index (χ1v) is 11.7. The molecule has 0 unspecified atom stereocenters. The number of benzene rings is 3. The van der Waals surface area contributed by atoms with Crippen LogP contribution in [0.25, 0.3) is 0 Å². The first-order valence-electron chi connectivity index (χ1n) is 11.3. The molecular weight excluding hydrogens is 412 g/mol. The van der Waals surface area contributed by atoms with Crippen LogP contribution >= 0.6 is 12.2 Å². The van der Waals surface area contributed by atoms with Crippen LogP contribution in [-0.2, 0) is 11.2 Å². The zero-order valence-corrected chi connectivity index (χ0v) is 19.7. The summed E-state index contributed by atoms with van der Waals surface area (Å²) >= 11 is 5.70. The van der Waals surface area contributed by atoms with Gasteiger partial charge >= 0.3 is 0 Å². The molecule has 4 heteroatoms. The Hall–Kier alpha value is -2.98. The Bertz CT molecular complexity index is 1060. The van der Waals surface area contributed by atoms with Gasteiger partial charge in [-0.25, -0.2) is 0 Å². The van der Waals surface area contributed by atoms with Crippen molar-refractivity contribution in [2.45, 2.75) is 45.2 Å². The van der Waals surface area contributed by atoms with Gasteiger partial charge in [-0.2, -0.15) is 0 Å². The third-order valence-electron chi connectivity index (χ3n) is 6.12. The van der Waals surface area contributed by atoms with Crippen LogP contribution in [0.3, 0.4) is 0 Å². The van der Waals surface area contributed by atoms with Crippen LogP contribution in [0, 0.1) is 5.92 Å². The van der Waals surface area contributed by atoms with Gasteiger partial charge in [-0.05, 0) is 53.7 Å². The maximum atomic E-state index is 13.8. The Kier molecular flexibility index (Phi) is 6.71. The Morgan fingerprint density at radius 1 is 0.875 bits per heavy atom. The minimum Gasteiger partial charge on any atom is -0.353 e. The standard InChI is InChI=1S/C28H30N2OS/c1-19(2)18-21-14-16-22(17-15-21)20(3)27(31)30-26(24-12-8-5-9-13-24)25(29-28(30)32)23-10-6-4-7-11-23/h4-17,19-20,25-26H,18H2,1-3H3,(H,29,32)/t20-,25+,26+/m0/s1. The lowest BCUT2D eigenvalue weighted by molar-refractivity contribution is -0.129. The average molecular weight is 443 g/mol. The lowest BCUT2D eigenvalue weighted by Gasteiger charge is -2.29. The number of hydrogen-bond donors (Lipinski definition) is 1. The first kappa shape index (κ1) is 22.2. The molecule has 32 heavy (non-hydrogen) atoms. The van der Waals surface area contributed by atoms with E-state index in [1.807, 2.05) is 43.3 Å². The Balaban J connectivity index is 1.65. The molecule has 0 aromatic heterocycles. The molecule has 1 fully saturated rings. The molecule has 3 aromatic rings. The van der Waals surface area contributed by atoms with Gasteiger partial charge in [-0.3, -0.25) is 9.69 Å². The van der Waals surface area contributed by atoms with E-state index in [-0.39, 0.29) is 23.9 Å². The summed E-state index contributed by atoms with van der Waals surface area (Å²) in [4.78, 5) is 15.6. The minimum atomic E-state index is -0.288. The lowest BCUT2D eigenvalue weighted by Crippen LogP contribution is -2.38. The summed E-state index contributed by atoms with van der Waals surface area (Å²) in [6.07, 6.45) is 1.04. The quantitative estimate of drug-likeness (QED) is 0.462. The highest BCUT2D eigenvalue weighted by atomic mass is 32.1. The van der Waals surface area contributed by atoms with Crippen molar-refractivity contribution < 1.29 is 4.79 Å². The van der Waals surface area contributed by atoms with Crippen molar-refractivity contribution in [3.05, 3.63) is 107 Å². The molecule has 3 atom stereocenters. The van der Waals surface area contributed by atoms with Gasteiger partial charge in [0.1, 0.15) is 0 Å². The fraction of sp³-hybridized carbons (Fsp3) is 0.286. The fourth-order valence-electron chi connectivity index (χ4n) is 4.48. The smallest absolute Gasteiger partial charge is 0.236 e. The summed E-state index contributed by atoms with van der Waals surface area (Å²) in [6.45, 7) is 6.41. The van der Waals surface area contributed by atoms with Gasteiger partial charge in [-0.15, -0.1) is 0 Å². The fourth-order valence-corrected chi connectivity index (χ4v) is 4.81. The van der Waals surface area contributed by atoms with Crippen molar-refractivity contribution in [3.8, 4) is 0 Å². The maximum absolute atomic E-state index is 13.8. The van der Waals surface area contributed by atoms with E-state index in [0.29, 0.717) is 11.0 Å². The molecule has 1 aliphatic rings. The number of amides is 1. The molecule has 0 radical (unpaired) electrons. The van der Waals surface area contributed by atoms with Crippen LogP contribution in [0.2, 0.25) is 0 Å². The zero-order chi connectivity index (χ0) is 22.7. The topological polar surface area (TPSA) is 32.3 Å². The minimum absolute atomic E-state index is 0.0198. The van der Waals surface area contributed by atoms with Gasteiger partial charge in [0.05, 0.1) is 18.0 Å². The molecule has 1 amide bonds. The van der Waals surface area contributed by atoms with E-state index >= 15 is 0 Å². The monoisotopic (exact) mass is 442 g/mol. The molecule has 0 aliphatic carbocycles. The van der Waals surface area contributed by atoms with Gasteiger partial charge in [0.15, 0.2) is 5.11 Å². The molecule has 1 N–H and O–H groups in total. The van der Waals surface area contributed by atoms with Crippen LogP contribution in [0.5, 0.6) is 0 Å². The number of hydrogen-bond acceptors (Lipinski definition) is 2. The van der Waals surface area contributed by atoms with Crippen molar-refractivity contribution in [1.82, 2.24) is 10.2 Å². The number of carbonyl (C=O) groups excluding carboxylic acids is 1. The molecular formula is C28H30N2OS. The van der Waals surface area contributed by atoms with Gasteiger partial charge in [0, 0.05) is 0 Å². The predicted molar refractivity (Wildman–Crippen MR) is 134 cm³/mol. The third kappa shape index (κ3) is 4.61.